The lowest BCUT2D eigenvalue weighted by molar-refractivity contribution is -0.133. The number of hydrogen-bond acceptors (Lipinski definition) is 3. The van der Waals surface area contributed by atoms with Gasteiger partial charge in [0.05, 0.1) is 6.54 Å². The number of halogens is 1. The summed E-state index contributed by atoms with van der Waals surface area (Å²) in [7, 11) is 0. The van der Waals surface area contributed by atoms with Crippen molar-refractivity contribution in [3.05, 3.63) is 94.7 Å². The van der Waals surface area contributed by atoms with E-state index < -0.39 is 0 Å². The number of hydrogen-bond donors (Lipinski definition) is 0. The average Bonchev–Trinajstić information content (AvgIpc) is 3.22. The number of furan rings is 1. The maximum atomic E-state index is 13.4. The molecule has 1 aromatic heterocycles. The number of carbonyl (C=O) groups excluding carboxylic acids is 2. The first-order valence-electron chi connectivity index (χ1n) is 11.2. The number of nitrogens with zero attached hydrogens (tertiary/aromatic N) is 2. The molecule has 174 valence electrons. The van der Waals surface area contributed by atoms with Gasteiger partial charge in [-0.25, -0.2) is 4.39 Å². The van der Waals surface area contributed by atoms with Crippen molar-refractivity contribution in [3.63, 3.8) is 0 Å². The van der Waals surface area contributed by atoms with Crippen LogP contribution in [0.5, 0.6) is 0 Å². The molecule has 0 fully saturated rings. The van der Waals surface area contributed by atoms with Crippen LogP contribution < -0.4 is 0 Å². The van der Waals surface area contributed by atoms with E-state index in [-0.39, 0.29) is 43.3 Å². The van der Waals surface area contributed by atoms with Crippen molar-refractivity contribution in [2.24, 2.45) is 0 Å². The molecule has 5 nitrogen and oxygen atoms in total. The molecule has 0 aliphatic heterocycles. The third-order valence-electron chi connectivity index (χ3n) is 5.58. The molecule has 6 heteroatoms. The van der Waals surface area contributed by atoms with Crippen LogP contribution in [0.4, 0.5) is 4.39 Å². The van der Waals surface area contributed by atoms with E-state index in [9.17, 15) is 14.0 Å². The van der Waals surface area contributed by atoms with E-state index in [1.807, 2.05) is 57.2 Å². The van der Waals surface area contributed by atoms with Crippen LogP contribution in [0.1, 0.15) is 53.8 Å². The summed E-state index contributed by atoms with van der Waals surface area (Å²) in [6.45, 7) is 8.18. The predicted octanol–water partition coefficient (Wildman–Crippen LogP) is 5.37. The van der Waals surface area contributed by atoms with E-state index in [2.05, 4.69) is 6.92 Å². The van der Waals surface area contributed by atoms with Gasteiger partial charge in [0.25, 0.3) is 5.91 Å². The van der Waals surface area contributed by atoms with Crippen molar-refractivity contribution in [1.29, 1.82) is 0 Å². The van der Waals surface area contributed by atoms with Gasteiger partial charge in [-0.2, -0.15) is 0 Å². The third-order valence-corrected chi connectivity index (χ3v) is 5.58. The zero-order chi connectivity index (χ0) is 24.0. The van der Waals surface area contributed by atoms with Crippen molar-refractivity contribution in [2.75, 3.05) is 6.54 Å². The monoisotopic (exact) mass is 450 g/mol. The highest BCUT2D eigenvalue weighted by molar-refractivity contribution is 5.96. The predicted molar refractivity (Wildman–Crippen MR) is 126 cm³/mol. The second-order valence-electron chi connectivity index (χ2n) is 8.47. The zero-order valence-electron chi connectivity index (χ0n) is 19.7. The summed E-state index contributed by atoms with van der Waals surface area (Å²) in [5.74, 6) is 0.690. The SMILES string of the molecule is CCc1ccc(C(=O)N(CC(=O)N(Cc2ccc(F)cc2)Cc2ccc(C)o2)C(C)C)cc1. The topological polar surface area (TPSA) is 53.8 Å². The highest BCUT2D eigenvalue weighted by Crippen LogP contribution is 2.16. The summed E-state index contributed by atoms with van der Waals surface area (Å²) < 4.78 is 19.0. The maximum Gasteiger partial charge on any atom is 0.254 e. The fraction of sp³-hybridized carbons (Fsp3) is 0.333. The van der Waals surface area contributed by atoms with Gasteiger partial charge in [0.15, 0.2) is 0 Å². The van der Waals surface area contributed by atoms with Gasteiger partial charge in [0.1, 0.15) is 23.9 Å². The largest absolute Gasteiger partial charge is 0.464 e. The van der Waals surface area contributed by atoms with Crippen molar-refractivity contribution >= 4 is 11.8 Å². The summed E-state index contributed by atoms with van der Waals surface area (Å²) in [6.07, 6.45) is 0.894. The Morgan fingerprint density at radius 2 is 1.55 bits per heavy atom. The summed E-state index contributed by atoms with van der Waals surface area (Å²) in [6, 6.07) is 17.1. The van der Waals surface area contributed by atoms with E-state index >= 15 is 0 Å². The summed E-state index contributed by atoms with van der Waals surface area (Å²) >= 11 is 0. The average molecular weight is 451 g/mol. The molecule has 0 saturated heterocycles. The minimum atomic E-state index is -0.330. The van der Waals surface area contributed by atoms with E-state index in [0.29, 0.717) is 11.3 Å². The Morgan fingerprint density at radius 1 is 0.909 bits per heavy atom. The van der Waals surface area contributed by atoms with Gasteiger partial charge in [0, 0.05) is 18.2 Å². The van der Waals surface area contributed by atoms with Gasteiger partial charge >= 0.3 is 0 Å². The minimum absolute atomic E-state index is 0.0626. The van der Waals surface area contributed by atoms with Crippen LogP contribution in [-0.2, 0) is 24.3 Å². The van der Waals surface area contributed by atoms with Crippen LogP contribution in [0.25, 0.3) is 0 Å². The zero-order valence-corrected chi connectivity index (χ0v) is 19.7. The molecule has 3 rings (SSSR count). The standard InChI is InChI=1S/C27H31FN2O3/c1-5-21-7-11-23(12-8-21)27(32)30(19(2)3)18-26(31)29(17-25-15-6-20(4)33-25)16-22-9-13-24(28)14-10-22/h6-15,19H,5,16-18H2,1-4H3. The number of aryl methyl sites for hydroxylation is 2. The van der Waals surface area contributed by atoms with Gasteiger partial charge in [0.2, 0.25) is 5.91 Å². The molecular formula is C27H31FN2O3. The van der Waals surface area contributed by atoms with Gasteiger partial charge in [-0.05, 0) is 74.7 Å². The molecule has 33 heavy (non-hydrogen) atoms. The number of benzene rings is 2. The fourth-order valence-electron chi connectivity index (χ4n) is 3.58. The molecule has 0 N–H and O–H groups in total. The first-order valence-corrected chi connectivity index (χ1v) is 11.2. The molecule has 0 aliphatic carbocycles. The first kappa shape index (κ1) is 24.2. The molecule has 0 aliphatic rings. The Bertz CT molecular complexity index is 1070. The molecule has 0 saturated carbocycles. The van der Waals surface area contributed by atoms with Crippen LogP contribution in [0, 0.1) is 12.7 Å². The van der Waals surface area contributed by atoms with E-state index in [0.717, 1.165) is 23.3 Å². The Hall–Kier alpha value is -3.41. The molecule has 3 aromatic rings. The number of carbonyl (C=O) groups is 2. The van der Waals surface area contributed by atoms with Crippen molar-refractivity contribution < 1.29 is 18.4 Å². The molecule has 0 radical (unpaired) electrons. The first-order chi connectivity index (χ1) is 15.8. The smallest absolute Gasteiger partial charge is 0.254 e. The quantitative estimate of drug-likeness (QED) is 0.440. The van der Waals surface area contributed by atoms with Crippen molar-refractivity contribution in [1.82, 2.24) is 9.80 Å². The van der Waals surface area contributed by atoms with Crippen LogP contribution in [0.2, 0.25) is 0 Å². The van der Waals surface area contributed by atoms with E-state index in [1.54, 1.807) is 21.9 Å². The highest BCUT2D eigenvalue weighted by Gasteiger charge is 2.25. The Balaban J connectivity index is 1.80. The molecule has 0 spiro atoms. The molecular weight excluding hydrogens is 419 g/mol. The van der Waals surface area contributed by atoms with Crippen LogP contribution in [0.15, 0.2) is 65.1 Å². The molecule has 2 aromatic carbocycles. The maximum absolute atomic E-state index is 13.4. The summed E-state index contributed by atoms with van der Waals surface area (Å²) in [5, 5.41) is 0. The molecule has 0 atom stereocenters. The molecule has 1 heterocycles. The second-order valence-corrected chi connectivity index (χ2v) is 8.47. The lowest BCUT2D eigenvalue weighted by atomic mass is 10.1. The summed E-state index contributed by atoms with van der Waals surface area (Å²) in [4.78, 5) is 29.8. The lowest BCUT2D eigenvalue weighted by Crippen LogP contribution is -2.45. The van der Waals surface area contributed by atoms with Crippen LogP contribution in [0.3, 0.4) is 0 Å². The van der Waals surface area contributed by atoms with Crippen LogP contribution >= 0.6 is 0 Å². The van der Waals surface area contributed by atoms with Gasteiger partial charge < -0.3 is 14.2 Å². The Labute approximate surface area is 194 Å². The second kappa shape index (κ2) is 10.9. The Morgan fingerprint density at radius 3 is 2.09 bits per heavy atom. The molecule has 2 amide bonds. The van der Waals surface area contributed by atoms with Crippen molar-refractivity contribution in [3.8, 4) is 0 Å². The van der Waals surface area contributed by atoms with Gasteiger partial charge in [-0.3, -0.25) is 9.59 Å². The van der Waals surface area contributed by atoms with Crippen LogP contribution in [-0.4, -0.2) is 34.2 Å². The normalized spacial score (nSPS) is 11.0. The van der Waals surface area contributed by atoms with Gasteiger partial charge in [-0.1, -0.05) is 31.2 Å². The summed E-state index contributed by atoms with van der Waals surface area (Å²) in [5.41, 5.74) is 2.50. The minimum Gasteiger partial charge on any atom is -0.464 e. The molecule has 0 unspecified atom stereocenters. The third kappa shape index (κ3) is 6.54. The molecule has 0 bridgehead atoms. The van der Waals surface area contributed by atoms with E-state index in [1.165, 1.54) is 12.1 Å². The number of amides is 2. The van der Waals surface area contributed by atoms with E-state index in [4.69, 9.17) is 4.42 Å². The Kier molecular flexibility index (Phi) is 8.04. The van der Waals surface area contributed by atoms with Crippen molar-refractivity contribution in [2.45, 2.75) is 53.2 Å². The highest BCUT2D eigenvalue weighted by atomic mass is 19.1. The number of rotatable bonds is 9. The van der Waals surface area contributed by atoms with Gasteiger partial charge in [-0.15, -0.1) is 0 Å². The fourth-order valence-corrected chi connectivity index (χ4v) is 3.58. The lowest BCUT2D eigenvalue weighted by Gasteiger charge is -2.30.